The number of carbonyl (C=O) groups excluding carboxylic acids is 1. The lowest BCUT2D eigenvalue weighted by atomic mass is 9.69. The van der Waals surface area contributed by atoms with E-state index in [0.717, 1.165) is 57.8 Å². The lowest BCUT2D eigenvalue weighted by Gasteiger charge is -2.44. The van der Waals surface area contributed by atoms with E-state index >= 15 is 0 Å². The van der Waals surface area contributed by atoms with Gasteiger partial charge in [-0.15, -0.1) is 0 Å². The molecule has 0 aromatic carbocycles. The van der Waals surface area contributed by atoms with Crippen LogP contribution >= 0.6 is 0 Å². The molecule has 25 heavy (non-hydrogen) atoms. The fourth-order valence-corrected chi connectivity index (χ4v) is 4.86. The van der Waals surface area contributed by atoms with Crippen molar-refractivity contribution in [3.05, 3.63) is 0 Å². The van der Waals surface area contributed by atoms with Crippen LogP contribution in [0.3, 0.4) is 0 Å². The van der Waals surface area contributed by atoms with Gasteiger partial charge in [0.25, 0.3) is 0 Å². The number of hydrogen-bond acceptors (Lipinski definition) is 2. The van der Waals surface area contributed by atoms with Gasteiger partial charge in [-0.2, -0.15) is 0 Å². The van der Waals surface area contributed by atoms with Gasteiger partial charge < -0.3 is 4.74 Å². The minimum atomic E-state index is -1.42. The number of hydrogen-bond donors (Lipinski definition) is 0. The van der Waals surface area contributed by atoms with Gasteiger partial charge in [0.05, 0.1) is 0 Å². The largest absolute Gasteiger partial charge is 0.457 e. The molecule has 0 aliphatic heterocycles. The van der Waals surface area contributed by atoms with Gasteiger partial charge in [0.15, 0.2) is 6.17 Å². The quantitative estimate of drug-likeness (QED) is 0.315. The van der Waals surface area contributed by atoms with Crippen LogP contribution in [0.1, 0.15) is 116 Å². The molecule has 0 saturated heterocycles. The molecule has 2 nitrogen and oxygen atoms in total. The number of halogens is 1. The molecule has 0 spiro atoms. The summed E-state index contributed by atoms with van der Waals surface area (Å²) >= 11 is 0. The van der Waals surface area contributed by atoms with Gasteiger partial charge in [0.2, 0.25) is 0 Å². The van der Waals surface area contributed by atoms with Gasteiger partial charge in [-0.05, 0) is 57.3 Å². The van der Waals surface area contributed by atoms with Gasteiger partial charge in [-0.25, -0.2) is 9.18 Å². The van der Waals surface area contributed by atoms with Crippen LogP contribution in [0, 0.1) is 5.92 Å². The summed E-state index contributed by atoms with van der Waals surface area (Å²) in [5.41, 5.74) is -0.346. The standard InChI is InChI=1S/C22H39FO2/c1-2-3-4-5-6-11-16-20(23)21(24)25-22(17-12-8-13-18-22)19-14-9-7-10-15-19/h19-20H,2-18H2,1H3/t20-/m0/s1. The van der Waals surface area contributed by atoms with Crippen molar-refractivity contribution in [3.63, 3.8) is 0 Å². The number of alkyl halides is 1. The number of unbranched alkanes of at least 4 members (excludes halogenated alkanes) is 5. The lowest BCUT2D eigenvalue weighted by molar-refractivity contribution is -0.179. The molecule has 2 fully saturated rings. The molecule has 2 saturated carbocycles. The molecule has 0 N–H and O–H groups in total. The van der Waals surface area contributed by atoms with E-state index in [9.17, 15) is 9.18 Å². The Morgan fingerprint density at radius 3 is 2.24 bits per heavy atom. The van der Waals surface area contributed by atoms with Gasteiger partial charge >= 0.3 is 5.97 Å². The minimum absolute atomic E-state index is 0.339. The maximum atomic E-state index is 14.4. The van der Waals surface area contributed by atoms with Crippen LogP contribution in [-0.4, -0.2) is 17.7 Å². The Kier molecular flexibility index (Phi) is 9.26. The first-order valence-corrected chi connectivity index (χ1v) is 11.0. The van der Waals surface area contributed by atoms with E-state index in [1.807, 2.05) is 0 Å². The monoisotopic (exact) mass is 354 g/mol. The van der Waals surface area contributed by atoms with Gasteiger partial charge in [-0.3, -0.25) is 0 Å². The van der Waals surface area contributed by atoms with Crippen LogP contribution in [0.4, 0.5) is 4.39 Å². The Hall–Kier alpha value is -0.600. The zero-order valence-electron chi connectivity index (χ0n) is 16.4. The van der Waals surface area contributed by atoms with Crippen LogP contribution in [0.15, 0.2) is 0 Å². The molecule has 0 unspecified atom stereocenters. The van der Waals surface area contributed by atoms with Crippen LogP contribution in [0.25, 0.3) is 0 Å². The first kappa shape index (κ1) is 20.7. The van der Waals surface area contributed by atoms with Gasteiger partial charge in [0, 0.05) is 0 Å². The Morgan fingerprint density at radius 2 is 1.56 bits per heavy atom. The van der Waals surface area contributed by atoms with E-state index in [1.54, 1.807) is 0 Å². The molecule has 2 aliphatic carbocycles. The summed E-state index contributed by atoms with van der Waals surface area (Å²) < 4.78 is 20.4. The number of esters is 1. The number of ether oxygens (including phenoxy) is 1. The first-order chi connectivity index (χ1) is 12.2. The second-order valence-corrected chi connectivity index (χ2v) is 8.41. The highest BCUT2D eigenvalue weighted by Gasteiger charge is 2.44. The Morgan fingerprint density at radius 1 is 0.960 bits per heavy atom. The maximum Gasteiger partial charge on any atom is 0.341 e. The topological polar surface area (TPSA) is 26.3 Å². The number of rotatable bonds is 10. The molecule has 2 aliphatic rings. The van der Waals surface area contributed by atoms with E-state index in [1.165, 1.54) is 44.9 Å². The van der Waals surface area contributed by atoms with Crippen molar-refractivity contribution in [1.82, 2.24) is 0 Å². The van der Waals surface area contributed by atoms with Crippen LogP contribution < -0.4 is 0 Å². The van der Waals surface area contributed by atoms with Crippen molar-refractivity contribution in [2.24, 2.45) is 5.92 Å². The summed E-state index contributed by atoms with van der Waals surface area (Å²) in [6.45, 7) is 2.20. The second-order valence-electron chi connectivity index (χ2n) is 8.41. The minimum Gasteiger partial charge on any atom is -0.457 e. The summed E-state index contributed by atoms with van der Waals surface area (Å²) in [6.07, 6.45) is 17.1. The molecule has 0 amide bonds. The summed E-state index contributed by atoms with van der Waals surface area (Å²) in [7, 11) is 0. The highest BCUT2D eigenvalue weighted by molar-refractivity contribution is 5.75. The average molecular weight is 355 g/mol. The summed E-state index contributed by atoms with van der Waals surface area (Å²) in [6, 6.07) is 0. The van der Waals surface area contributed by atoms with E-state index in [4.69, 9.17) is 4.74 Å². The molecule has 146 valence electrons. The van der Waals surface area contributed by atoms with Crippen LogP contribution in [0.5, 0.6) is 0 Å². The highest BCUT2D eigenvalue weighted by atomic mass is 19.1. The molecule has 0 aromatic rings. The predicted octanol–water partition coefficient (Wildman–Crippen LogP) is 6.90. The average Bonchev–Trinajstić information content (AvgIpc) is 2.66. The normalized spacial score (nSPS) is 22.5. The summed E-state index contributed by atoms with van der Waals surface area (Å²) in [5.74, 6) is -0.104. The Bertz CT molecular complexity index is 370. The number of carbonyl (C=O) groups is 1. The molecule has 1 atom stereocenters. The van der Waals surface area contributed by atoms with E-state index in [-0.39, 0.29) is 5.60 Å². The molecular weight excluding hydrogens is 315 g/mol. The summed E-state index contributed by atoms with van der Waals surface area (Å²) in [5, 5.41) is 0. The Balaban J connectivity index is 1.79. The predicted molar refractivity (Wildman–Crippen MR) is 101 cm³/mol. The lowest BCUT2D eigenvalue weighted by Crippen LogP contribution is -2.46. The Labute approximate surface area is 154 Å². The smallest absolute Gasteiger partial charge is 0.341 e. The van der Waals surface area contributed by atoms with Gasteiger partial charge in [0.1, 0.15) is 5.60 Å². The fourth-order valence-electron chi connectivity index (χ4n) is 4.86. The molecule has 2 rings (SSSR count). The molecule has 0 aromatic heterocycles. The van der Waals surface area contributed by atoms with Crippen molar-refractivity contribution >= 4 is 5.97 Å². The molecular formula is C22H39FO2. The van der Waals surface area contributed by atoms with Crippen molar-refractivity contribution in [3.8, 4) is 0 Å². The molecule has 0 radical (unpaired) electrons. The molecule has 0 bridgehead atoms. The van der Waals surface area contributed by atoms with E-state index in [0.29, 0.717) is 12.3 Å². The molecule has 0 heterocycles. The highest BCUT2D eigenvalue weighted by Crippen LogP contribution is 2.44. The van der Waals surface area contributed by atoms with E-state index in [2.05, 4.69) is 6.92 Å². The van der Waals surface area contributed by atoms with Crippen LogP contribution in [0.2, 0.25) is 0 Å². The SMILES string of the molecule is CCCCCCCC[C@H](F)C(=O)OC1(C2CCCCC2)CCCCC1. The zero-order valence-corrected chi connectivity index (χ0v) is 16.4. The van der Waals surface area contributed by atoms with Crippen molar-refractivity contribution in [1.29, 1.82) is 0 Å². The second kappa shape index (κ2) is 11.2. The van der Waals surface area contributed by atoms with E-state index < -0.39 is 12.1 Å². The van der Waals surface area contributed by atoms with Crippen molar-refractivity contribution < 1.29 is 13.9 Å². The third-order valence-electron chi connectivity index (χ3n) is 6.42. The fraction of sp³-hybridized carbons (Fsp3) is 0.955. The first-order valence-electron chi connectivity index (χ1n) is 11.0. The maximum absolute atomic E-state index is 14.4. The zero-order chi connectivity index (χ0) is 18.0. The van der Waals surface area contributed by atoms with Crippen LogP contribution in [-0.2, 0) is 9.53 Å². The van der Waals surface area contributed by atoms with Crippen molar-refractivity contribution in [2.45, 2.75) is 128 Å². The third-order valence-corrected chi connectivity index (χ3v) is 6.42. The molecule has 3 heteroatoms. The third kappa shape index (κ3) is 6.57. The van der Waals surface area contributed by atoms with Gasteiger partial charge in [-0.1, -0.05) is 64.7 Å². The van der Waals surface area contributed by atoms with Crippen molar-refractivity contribution in [2.75, 3.05) is 0 Å². The summed E-state index contributed by atoms with van der Waals surface area (Å²) in [4.78, 5) is 12.4.